The van der Waals surface area contributed by atoms with Gasteiger partial charge < -0.3 is 10.6 Å². The zero-order chi connectivity index (χ0) is 14.0. The lowest BCUT2D eigenvalue weighted by Gasteiger charge is -2.21. The highest BCUT2D eigenvalue weighted by atomic mass is 16.2. The fourth-order valence-corrected chi connectivity index (χ4v) is 2.93. The molecule has 1 heterocycles. The standard InChI is InChI=1S/C16H24N2O/c1-10-5-6-14(11(2)9-10)13(4)18-16(19)15-7-8-17-12(15)3/h5-6,9,12-13,15,17H,7-8H2,1-4H3,(H,18,19). The Morgan fingerprint density at radius 2 is 2.16 bits per heavy atom. The van der Waals surface area contributed by atoms with Gasteiger partial charge in [-0.1, -0.05) is 23.8 Å². The summed E-state index contributed by atoms with van der Waals surface area (Å²) < 4.78 is 0. The van der Waals surface area contributed by atoms with Crippen LogP contribution in [0.15, 0.2) is 18.2 Å². The van der Waals surface area contributed by atoms with Gasteiger partial charge in [-0.05, 0) is 51.8 Å². The van der Waals surface area contributed by atoms with Crippen LogP contribution >= 0.6 is 0 Å². The Morgan fingerprint density at radius 1 is 1.42 bits per heavy atom. The van der Waals surface area contributed by atoms with Gasteiger partial charge in [0.15, 0.2) is 0 Å². The SMILES string of the molecule is Cc1ccc(C(C)NC(=O)C2CCNC2C)c(C)c1. The molecule has 1 amide bonds. The number of amides is 1. The van der Waals surface area contributed by atoms with Crippen molar-refractivity contribution < 1.29 is 4.79 Å². The Labute approximate surface area is 115 Å². The van der Waals surface area contributed by atoms with Crippen molar-refractivity contribution in [2.24, 2.45) is 5.92 Å². The first kappa shape index (κ1) is 14.1. The van der Waals surface area contributed by atoms with Crippen LogP contribution in [0.3, 0.4) is 0 Å². The molecule has 1 aromatic rings. The van der Waals surface area contributed by atoms with Gasteiger partial charge in [0.25, 0.3) is 0 Å². The average molecular weight is 260 g/mol. The van der Waals surface area contributed by atoms with Crippen molar-refractivity contribution in [3.8, 4) is 0 Å². The third kappa shape index (κ3) is 3.16. The Bertz CT molecular complexity index is 470. The van der Waals surface area contributed by atoms with Crippen molar-refractivity contribution in [2.75, 3.05) is 6.54 Å². The molecule has 3 atom stereocenters. The summed E-state index contributed by atoms with van der Waals surface area (Å²) in [6.07, 6.45) is 0.937. The van der Waals surface area contributed by atoms with E-state index < -0.39 is 0 Å². The first-order valence-corrected chi connectivity index (χ1v) is 7.10. The maximum Gasteiger partial charge on any atom is 0.225 e. The van der Waals surface area contributed by atoms with E-state index in [9.17, 15) is 4.79 Å². The minimum absolute atomic E-state index is 0.0703. The molecule has 3 nitrogen and oxygen atoms in total. The van der Waals surface area contributed by atoms with E-state index in [-0.39, 0.29) is 23.9 Å². The summed E-state index contributed by atoms with van der Waals surface area (Å²) in [6.45, 7) is 9.27. The molecule has 1 saturated heterocycles. The number of hydrogen-bond acceptors (Lipinski definition) is 2. The number of hydrogen-bond donors (Lipinski definition) is 2. The molecule has 0 aromatic heterocycles. The molecule has 2 rings (SSSR count). The molecule has 0 saturated carbocycles. The Kier molecular flexibility index (Phi) is 4.25. The zero-order valence-electron chi connectivity index (χ0n) is 12.3. The lowest BCUT2D eigenvalue weighted by Crippen LogP contribution is -2.38. The number of benzene rings is 1. The molecule has 1 fully saturated rings. The highest BCUT2D eigenvalue weighted by Gasteiger charge is 2.30. The van der Waals surface area contributed by atoms with Crippen molar-refractivity contribution in [3.05, 3.63) is 34.9 Å². The number of nitrogens with one attached hydrogen (secondary N) is 2. The van der Waals surface area contributed by atoms with E-state index in [1.165, 1.54) is 16.7 Å². The largest absolute Gasteiger partial charge is 0.349 e. The topological polar surface area (TPSA) is 41.1 Å². The highest BCUT2D eigenvalue weighted by molar-refractivity contribution is 5.80. The molecule has 3 unspecified atom stereocenters. The smallest absolute Gasteiger partial charge is 0.225 e. The van der Waals surface area contributed by atoms with Crippen LogP contribution in [0.4, 0.5) is 0 Å². The molecule has 1 aromatic carbocycles. The predicted octanol–water partition coefficient (Wildman–Crippen LogP) is 2.48. The molecular weight excluding hydrogens is 236 g/mol. The van der Waals surface area contributed by atoms with Crippen molar-refractivity contribution in [2.45, 2.75) is 46.2 Å². The average Bonchev–Trinajstić information content (AvgIpc) is 2.75. The zero-order valence-corrected chi connectivity index (χ0v) is 12.3. The van der Waals surface area contributed by atoms with Gasteiger partial charge in [0, 0.05) is 6.04 Å². The summed E-state index contributed by atoms with van der Waals surface area (Å²) in [5.41, 5.74) is 3.70. The second kappa shape index (κ2) is 5.74. The number of aryl methyl sites for hydroxylation is 2. The lowest BCUT2D eigenvalue weighted by molar-refractivity contribution is -0.125. The van der Waals surface area contributed by atoms with Gasteiger partial charge in [-0.2, -0.15) is 0 Å². The summed E-state index contributed by atoms with van der Waals surface area (Å²) in [5, 5.41) is 6.47. The van der Waals surface area contributed by atoms with Crippen LogP contribution in [0.2, 0.25) is 0 Å². The van der Waals surface area contributed by atoms with Gasteiger partial charge in [0.2, 0.25) is 5.91 Å². The molecular formula is C16H24N2O. The molecule has 104 valence electrons. The van der Waals surface area contributed by atoms with Crippen LogP contribution in [0.5, 0.6) is 0 Å². The molecule has 19 heavy (non-hydrogen) atoms. The lowest BCUT2D eigenvalue weighted by atomic mass is 9.97. The van der Waals surface area contributed by atoms with E-state index >= 15 is 0 Å². The van der Waals surface area contributed by atoms with E-state index in [4.69, 9.17) is 0 Å². The van der Waals surface area contributed by atoms with Crippen molar-refractivity contribution in [1.29, 1.82) is 0 Å². The highest BCUT2D eigenvalue weighted by Crippen LogP contribution is 2.21. The second-order valence-electron chi connectivity index (χ2n) is 5.73. The van der Waals surface area contributed by atoms with Crippen LogP contribution < -0.4 is 10.6 Å². The Morgan fingerprint density at radius 3 is 2.74 bits per heavy atom. The number of rotatable bonds is 3. The van der Waals surface area contributed by atoms with Crippen molar-refractivity contribution >= 4 is 5.91 Å². The van der Waals surface area contributed by atoms with Crippen molar-refractivity contribution in [3.63, 3.8) is 0 Å². The van der Waals surface area contributed by atoms with E-state index in [0.717, 1.165) is 13.0 Å². The normalized spacial score (nSPS) is 24.2. The Hall–Kier alpha value is -1.35. The number of carbonyl (C=O) groups is 1. The third-order valence-electron chi connectivity index (χ3n) is 4.11. The summed E-state index contributed by atoms with van der Waals surface area (Å²) in [4.78, 5) is 12.3. The van der Waals surface area contributed by atoms with Crippen LogP contribution in [-0.2, 0) is 4.79 Å². The maximum absolute atomic E-state index is 12.3. The Balaban J connectivity index is 2.04. The van der Waals surface area contributed by atoms with Crippen LogP contribution in [-0.4, -0.2) is 18.5 Å². The molecule has 0 bridgehead atoms. The van der Waals surface area contributed by atoms with Gasteiger partial charge in [0.05, 0.1) is 12.0 Å². The molecule has 3 heteroatoms. The summed E-state index contributed by atoms with van der Waals surface area (Å²) >= 11 is 0. The van der Waals surface area contributed by atoms with Gasteiger partial charge in [-0.15, -0.1) is 0 Å². The van der Waals surface area contributed by atoms with E-state index in [2.05, 4.69) is 56.5 Å². The van der Waals surface area contributed by atoms with Gasteiger partial charge >= 0.3 is 0 Å². The van der Waals surface area contributed by atoms with Crippen molar-refractivity contribution in [1.82, 2.24) is 10.6 Å². The van der Waals surface area contributed by atoms with Crippen LogP contribution in [0.1, 0.15) is 43.0 Å². The fraction of sp³-hybridized carbons (Fsp3) is 0.562. The van der Waals surface area contributed by atoms with E-state index in [0.29, 0.717) is 0 Å². The molecule has 1 aliphatic heterocycles. The molecule has 0 aliphatic carbocycles. The second-order valence-corrected chi connectivity index (χ2v) is 5.73. The molecule has 0 radical (unpaired) electrons. The van der Waals surface area contributed by atoms with Gasteiger partial charge in [0.1, 0.15) is 0 Å². The number of carbonyl (C=O) groups excluding carboxylic acids is 1. The van der Waals surface area contributed by atoms with Crippen LogP contribution in [0, 0.1) is 19.8 Å². The quantitative estimate of drug-likeness (QED) is 0.876. The molecule has 1 aliphatic rings. The first-order chi connectivity index (χ1) is 8.99. The fourth-order valence-electron chi connectivity index (χ4n) is 2.93. The summed E-state index contributed by atoms with van der Waals surface area (Å²) in [5.74, 6) is 0.276. The summed E-state index contributed by atoms with van der Waals surface area (Å²) in [7, 11) is 0. The van der Waals surface area contributed by atoms with Gasteiger partial charge in [-0.25, -0.2) is 0 Å². The van der Waals surface area contributed by atoms with Gasteiger partial charge in [-0.3, -0.25) is 4.79 Å². The minimum atomic E-state index is 0.0703. The summed E-state index contributed by atoms with van der Waals surface area (Å²) in [6, 6.07) is 6.74. The monoisotopic (exact) mass is 260 g/mol. The molecule has 2 N–H and O–H groups in total. The first-order valence-electron chi connectivity index (χ1n) is 7.10. The predicted molar refractivity (Wildman–Crippen MR) is 78.0 cm³/mol. The van der Waals surface area contributed by atoms with E-state index in [1.54, 1.807) is 0 Å². The maximum atomic E-state index is 12.3. The van der Waals surface area contributed by atoms with Crippen LogP contribution in [0.25, 0.3) is 0 Å². The third-order valence-corrected chi connectivity index (χ3v) is 4.11. The van der Waals surface area contributed by atoms with E-state index in [1.807, 2.05) is 0 Å². The minimum Gasteiger partial charge on any atom is -0.349 e. The molecule has 0 spiro atoms.